The number of nitrogens with one attached hydrogen (secondary N) is 1. The lowest BCUT2D eigenvalue weighted by molar-refractivity contribution is -0.145. The summed E-state index contributed by atoms with van der Waals surface area (Å²) in [5.41, 5.74) is 0.000707. The average Bonchev–Trinajstić information content (AvgIpc) is 2.77. The molecule has 6 nitrogen and oxygen atoms in total. The zero-order chi connectivity index (χ0) is 15.6. The molecule has 1 aromatic rings. The summed E-state index contributed by atoms with van der Waals surface area (Å²) in [7, 11) is 0. The standard InChI is InChI=1S/C16H22N2O4/c19-14(17-16(15(20)21)9-5-2-6-10-16)13-11-7-3-1-4-8-12(11)22-18-13/h1-10H2,(H,17,19)(H,20,21). The van der Waals surface area contributed by atoms with Crippen LogP contribution in [0.2, 0.25) is 0 Å². The summed E-state index contributed by atoms with van der Waals surface area (Å²) in [6.07, 6.45) is 8.38. The van der Waals surface area contributed by atoms with Gasteiger partial charge >= 0.3 is 5.97 Å². The van der Waals surface area contributed by atoms with Gasteiger partial charge in [0.05, 0.1) is 0 Å². The maximum Gasteiger partial charge on any atom is 0.329 e. The molecule has 1 saturated carbocycles. The number of carboxylic acids is 1. The molecule has 3 rings (SSSR count). The number of fused-ring (bicyclic) bond motifs is 1. The Balaban J connectivity index is 1.82. The van der Waals surface area contributed by atoms with Gasteiger partial charge in [-0.3, -0.25) is 4.79 Å². The van der Waals surface area contributed by atoms with Crippen molar-refractivity contribution in [3.63, 3.8) is 0 Å². The summed E-state index contributed by atoms with van der Waals surface area (Å²) in [4.78, 5) is 24.2. The fraction of sp³-hybridized carbons (Fsp3) is 0.688. The van der Waals surface area contributed by atoms with Crippen LogP contribution in [0.25, 0.3) is 0 Å². The summed E-state index contributed by atoms with van der Waals surface area (Å²) in [6, 6.07) is 0. The van der Waals surface area contributed by atoms with Crippen LogP contribution in [-0.2, 0) is 17.6 Å². The van der Waals surface area contributed by atoms with E-state index in [9.17, 15) is 14.7 Å². The van der Waals surface area contributed by atoms with Gasteiger partial charge in [-0.05, 0) is 32.1 Å². The lowest BCUT2D eigenvalue weighted by atomic mass is 9.81. The third kappa shape index (κ3) is 2.74. The van der Waals surface area contributed by atoms with Crippen LogP contribution in [0.15, 0.2) is 4.52 Å². The minimum Gasteiger partial charge on any atom is -0.480 e. The molecular formula is C16H22N2O4. The van der Waals surface area contributed by atoms with Gasteiger partial charge in [-0.25, -0.2) is 4.79 Å². The highest BCUT2D eigenvalue weighted by molar-refractivity contribution is 5.97. The molecule has 6 heteroatoms. The predicted molar refractivity (Wildman–Crippen MR) is 78.7 cm³/mol. The first-order chi connectivity index (χ1) is 10.6. The number of hydrogen-bond donors (Lipinski definition) is 2. The molecular weight excluding hydrogens is 284 g/mol. The number of nitrogens with zero attached hydrogens (tertiary/aromatic N) is 1. The minimum absolute atomic E-state index is 0.281. The van der Waals surface area contributed by atoms with Gasteiger partial charge in [0.15, 0.2) is 5.69 Å². The maximum absolute atomic E-state index is 12.6. The van der Waals surface area contributed by atoms with E-state index in [0.717, 1.165) is 62.7 Å². The number of carbonyl (C=O) groups excluding carboxylic acids is 1. The highest BCUT2D eigenvalue weighted by atomic mass is 16.5. The van der Waals surface area contributed by atoms with Gasteiger partial charge in [-0.2, -0.15) is 0 Å². The molecule has 0 unspecified atom stereocenters. The molecule has 1 aromatic heterocycles. The molecule has 0 bridgehead atoms. The molecule has 1 heterocycles. The largest absolute Gasteiger partial charge is 0.480 e. The highest BCUT2D eigenvalue weighted by Crippen LogP contribution is 2.30. The van der Waals surface area contributed by atoms with Crippen molar-refractivity contribution in [2.24, 2.45) is 0 Å². The number of aliphatic carboxylic acids is 1. The van der Waals surface area contributed by atoms with E-state index in [-0.39, 0.29) is 5.69 Å². The van der Waals surface area contributed by atoms with Gasteiger partial charge in [0.25, 0.3) is 5.91 Å². The molecule has 22 heavy (non-hydrogen) atoms. The summed E-state index contributed by atoms with van der Waals surface area (Å²) in [5, 5.41) is 16.2. The summed E-state index contributed by atoms with van der Waals surface area (Å²) < 4.78 is 5.31. The minimum atomic E-state index is -1.15. The molecule has 2 aliphatic carbocycles. The van der Waals surface area contributed by atoms with E-state index in [0.29, 0.717) is 12.8 Å². The first-order valence-electron chi connectivity index (χ1n) is 8.16. The second-order valence-corrected chi connectivity index (χ2v) is 6.40. The van der Waals surface area contributed by atoms with E-state index in [4.69, 9.17) is 4.52 Å². The Labute approximate surface area is 129 Å². The molecule has 0 aromatic carbocycles. The second kappa shape index (κ2) is 6.10. The second-order valence-electron chi connectivity index (χ2n) is 6.40. The Bertz CT molecular complexity index is 573. The van der Waals surface area contributed by atoms with E-state index < -0.39 is 17.4 Å². The molecule has 0 radical (unpaired) electrons. The van der Waals surface area contributed by atoms with Crippen molar-refractivity contribution < 1.29 is 19.2 Å². The Morgan fingerprint density at radius 1 is 1.05 bits per heavy atom. The first-order valence-corrected chi connectivity index (χ1v) is 8.16. The van der Waals surface area contributed by atoms with E-state index >= 15 is 0 Å². The van der Waals surface area contributed by atoms with Crippen molar-refractivity contribution in [3.05, 3.63) is 17.0 Å². The molecule has 0 aliphatic heterocycles. The number of aromatic nitrogens is 1. The van der Waals surface area contributed by atoms with E-state index in [1.807, 2.05) is 0 Å². The number of aryl methyl sites for hydroxylation is 1. The molecule has 2 aliphatic rings. The van der Waals surface area contributed by atoms with Gasteiger partial charge in [-0.15, -0.1) is 0 Å². The van der Waals surface area contributed by atoms with Crippen LogP contribution in [0.5, 0.6) is 0 Å². The molecule has 0 atom stereocenters. The number of carbonyl (C=O) groups is 2. The lowest BCUT2D eigenvalue weighted by Gasteiger charge is -2.33. The fourth-order valence-corrected chi connectivity index (χ4v) is 3.56. The summed E-state index contributed by atoms with van der Waals surface area (Å²) >= 11 is 0. The van der Waals surface area contributed by atoms with Crippen LogP contribution in [0.3, 0.4) is 0 Å². The van der Waals surface area contributed by atoms with Crippen molar-refractivity contribution in [2.75, 3.05) is 0 Å². The molecule has 1 fully saturated rings. The SMILES string of the molecule is O=C(NC1(C(=O)O)CCCCC1)c1noc2c1CCCCC2. The van der Waals surface area contributed by atoms with Gasteiger partial charge in [0, 0.05) is 12.0 Å². The van der Waals surface area contributed by atoms with E-state index in [1.54, 1.807) is 0 Å². The predicted octanol–water partition coefficient (Wildman–Crippen LogP) is 2.46. The van der Waals surface area contributed by atoms with Crippen LogP contribution in [0.1, 0.15) is 73.2 Å². The van der Waals surface area contributed by atoms with Gasteiger partial charge in [0.1, 0.15) is 11.3 Å². The Morgan fingerprint density at radius 3 is 2.45 bits per heavy atom. The van der Waals surface area contributed by atoms with Crippen molar-refractivity contribution in [1.82, 2.24) is 10.5 Å². The van der Waals surface area contributed by atoms with Crippen LogP contribution in [0.4, 0.5) is 0 Å². The van der Waals surface area contributed by atoms with Crippen LogP contribution < -0.4 is 5.32 Å². The van der Waals surface area contributed by atoms with Crippen molar-refractivity contribution in [3.8, 4) is 0 Å². The van der Waals surface area contributed by atoms with Crippen LogP contribution in [-0.4, -0.2) is 27.7 Å². The zero-order valence-corrected chi connectivity index (χ0v) is 12.7. The first kappa shape index (κ1) is 15.1. The highest BCUT2D eigenvalue weighted by Gasteiger charge is 2.42. The Hall–Kier alpha value is -1.85. The third-order valence-corrected chi connectivity index (χ3v) is 4.88. The summed E-state index contributed by atoms with van der Waals surface area (Å²) in [6.45, 7) is 0. The number of amides is 1. The average molecular weight is 306 g/mol. The monoisotopic (exact) mass is 306 g/mol. The topological polar surface area (TPSA) is 92.4 Å². The quantitative estimate of drug-likeness (QED) is 0.837. The van der Waals surface area contributed by atoms with Crippen molar-refractivity contribution in [2.45, 2.75) is 69.7 Å². The Morgan fingerprint density at radius 2 is 1.73 bits per heavy atom. The molecule has 2 N–H and O–H groups in total. The molecule has 1 amide bonds. The van der Waals surface area contributed by atoms with Crippen LogP contribution in [0, 0.1) is 0 Å². The molecule has 120 valence electrons. The van der Waals surface area contributed by atoms with Gasteiger partial charge < -0.3 is 14.9 Å². The molecule has 0 saturated heterocycles. The fourth-order valence-electron chi connectivity index (χ4n) is 3.56. The zero-order valence-electron chi connectivity index (χ0n) is 12.7. The summed E-state index contributed by atoms with van der Waals surface area (Å²) in [5.74, 6) is -0.568. The third-order valence-electron chi connectivity index (χ3n) is 4.88. The van der Waals surface area contributed by atoms with E-state index in [1.165, 1.54) is 0 Å². The normalized spacial score (nSPS) is 20.7. The number of hydrogen-bond acceptors (Lipinski definition) is 4. The van der Waals surface area contributed by atoms with Gasteiger partial charge in [-0.1, -0.05) is 30.8 Å². The van der Waals surface area contributed by atoms with E-state index in [2.05, 4.69) is 10.5 Å². The molecule has 0 spiro atoms. The van der Waals surface area contributed by atoms with Gasteiger partial charge in [0.2, 0.25) is 0 Å². The van der Waals surface area contributed by atoms with Crippen molar-refractivity contribution in [1.29, 1.82) is 0 Å². The number of rotatable bonds is 3. The number of carboxylic acid groups (broad SMARTS) is 1. The Kier molecular flexibility index (Phi) is 4.18. The lowest BCUT2D eigenvalue weighted by Crippen LogP contribution is -2.55. The smallest absolute Gasteiger partial charge is 0.329 e. The maximum atomic E-state index is 12.6. The van der Waals surface area contributed by atoms with Crippen LogP contribution >= 0.6 is 0 Å². The van der Waals surface area contributed by atoms with Crippen molar-refractivity contribution >= 4 is 11.9 Å².